The zero-order valence-corrected chi connectivity index (χ0v) is 18.8. The van der Waals surface area contributed by atoms with E-state index in [1.165, 1.54) is 25.7 Å². The molecule has 1 aliphatic rings. The van der Waals surface area contributed by atoms with Crippen LogP contribution in [0.5, 0.6) is 0 Å². The van der Waals surface area contributed by atoms with E-state index in [2.05, 4.69) is 31.2 Å². The average molecular weight is 443 g/mol. The van der Waals surface area contributed by atoms with Crippen molar-refractivity contribution in [2.75, 3.05) is 0 Å². The van der Waals surface area contributed by atoms with Gasteiger partial charge in [0.05, 0.1) is 0 Å². The minimum Gasteiger partial charge on any atom is -0.387 e. The van der Waals surface area contributed by atoms with Crippen molar-refractivity contribution in [3.63, 3.8) is 0 Å². The van der Waals surface area contributed by atoms with Gasteiger partial charge in [-0.25, -0.2) is 0 Å². The molecular weight excluding hydrogens is 400 g/mol. The summed E-state index contributed by atoms with van der Waals surface area (Å²) in [6.07, 6.45) is 11.1. The molecule has 1 unspecified atom stereocenters. The predicted molar refractivity (Wildman–Crippen MR) is 119 cm³/mol. The van der Waals surface area contributed by atoms with E-state index in [-0.39, 0.29) is 6.42 Å². The summed E-state index contributed by atoms with van der Waals surface area (Å²) in [4.78, 5) is 12.2. The van der Waals surface area contributed by atoms with Crippen molar-refractivity contribution in [1.82, 2.24) is 0 Å². The van der Waals surface area contributed by atoms with E-state index in [0.717, 1.165) is 38.5 Å². The van der Waals surface area contributed by atoms with E-state index < -0.39 is 42.6 Å². The van der Waals surface area contributed by atoms with E-state index in [0.29, 0.717) is 6.42 Å². The van der Waals surface area contributed by atoms with E-state index in [1.807, 2.05) is 0 Å². The maximum absolute atomic E-state index is 12.2. The smallest absolute Gasteiger partial charge is 0.192 e. The Bertz CT molecular complexity index is 534. The number of allylic oxidation sites excluding steroid dienone is 4. The summed E-state index contributed by atoms with van der Waals surface area (Å²) in [5.41, 5.74) is 0. The first-order valence-corrected chi connectivity index (χ1v) is 11.8. The topological polar surface area (TPSA) is 127 Å². The van der Waals surface area contributed by atoms with Crippen molar-refractivity contribution in [2.24, 2.45) is 0 Å². The molecule has 0 aromatic rings. The number of carbonyl (C=O) groups is 1. The maximum Gasteiger partial charge on any atom is 0.192 e. The lowest BCUT2D eigenvalue weighted by Gasteiger charge is -2.38. The average Bonchev–Trinajstić information content (AvgIpc) is 2.76. The minimum atomic E-state index is -1.78. The highest BCUT2D eigenvalue weighted by Gasteiger charge is 2.47. The largest absolute Gasteiger partial charge is 0.387 e. The Morgan fingerprint density at radius 3 is 2.03 bits per heavy atom. The SMILES string of the molecule is CCCCCC=CCC=CCCCCCCCC(O)C(=O)[C@H]1O[C@H](O)[C@H](O)[C@@H](O)[C@@H]1O. The molecule has 1 rings (SSSR count). The summed E-state index contributed by atoms with van der Waals surface area (Å²) in [5, 5.41) is 48.5. The second-order valence-corrected chi connectivity index (χ2v) is 8.36. The fourth-order valence-corrected chi connectivity index (χ4v) is 3.58. The molecule has 0 aromatic carbocycles. The van der Waals surface area contributed by atoms with Crippen LogP contribution in [0.3, 0.4) is 0 Å². The zero-order chi connectivity index (χ0) is 23.1. The number of unbranched alkanes of at least 4 members (excludes halogenated alkanes) is 8. The van der Waals surface area contributed by atoms with Crippen LogP contribution in [0.4, 0.5) is 0 Å². The number of ketones is 1. The third-order valence-electron chi connectivity index (χ3n) is 5.63. The number of rotatable bonds is 16. The first-order chi connectivity index (χ1) is 14.9. The molecule has 1 saturated heterocycles. The quantitative estimate of drug-likeness (QED) is 0.184. The minimum absolute atomic E-state index is 0.227. The van der Waals surface area contributed by atoms with Gasteiger partial charge in [0.2, 0.25) is 0 Å². The standard InChI is InChI=1S/C24H42O7/c1-2-3-4-5-6-7-8-9-10-11-12-13-14-15-16-17-18(25)19(26)23-21(28)20(27)22(29)24(30)31-23/h6-7,9-10,18,20-25,27-30H,2-5,8,11-17H2,1H3/t18?,20-,21-,22+,23+,24-/m0/s1. The van der Waals surface area contributed by atoms with Crippen molar-refractivity contribution in [3.05, 3.63) is 24.3 Å². The van der Waals surface area contributed by atoms with E-state index in [9.17, 15) is 30.3 Å². The van der Waals surface area contributed by atoms with Gasteiger partial charge in [0.25, 0.3) is 0 Å². The van der Waals surface area contributed by atoms with E-state index in [1.54, 1.807) is 0 Å². The zero-order valence-electron chi connectivity index (χ0n) is 18.8. The molecule has 6 atom stereocenters. The summed E-state index contributed by atoms with van der Waals surface area (Å²) in [7, 11) is 0. The molecule has 7 heteroatoms. The monoisotopic (exact) mass is 442 g/mol. The van der Waals surface area contributed by atoms with Gasteiger partial charge in [-0.1, -0.05) is 69.8 Å². The van der Waals surface area contributed by atoms with Crippen LogP contribution in [-0.4, -0.2) is 68.1 Å². The highest BCUT2D eigenvalue weighted by Crippen LogP contribution is 2.22. The predicted octanol–water partition coefficient (Wildman–Crippen LogP) is 2.53. The molecule has 180 valence electrons. The third-order valence-corrected chi connectivity index (χ3v) is 5.63. The Labute approximate surface area is 186 Å². The molecule has 0 radical (unpaired) electrons. The Morgan fingerprint density at radius 1 is 0.806 bits per heavy atom. The Kier molecular flexibility index (Phi) is 14.9. The van der Waals surface area contributed by atoms with Crippen LogP contribution >= 0.6 is 0 Å². The van der Waals surface area contributed by atoms with Gasteiger partial charge in [-0.2, -0.15) is 0 Å². The van der Waals surface area contributed by atoms with Crippen LogP contribution in [0.1, 0.15) is 84.0 Å². The second-order valence-electron chi connectivity index (χ2n) is 8.36. The van der Waals surface area contributed by atoms with Crippen LogP contribution in [-0.2, 0) is 9.53 Å². The van der Waals surface area contributed by atoms with Gasteiger partial charge in [-0.05, 0) is 38.5 Å². The highest BCUT2D eigenvalue weighted by atomic mass is 16.6. The van der Waals surface area contributed by atoms with Gasteiger partial charge in [-0.15, -0.1) is 0 Å². The number of hydrogen-bond donors (Lipinski definition) is 5. The molecule has 1 aliphatic heterocycles. The Balaban J connectivity index is 2.07. The van der Waals surface area contributed by atoms with Crippen LogP contribution in [0.25, 0.3) is 0 Å². The lowest BCUT2D eigenvalue weighted by molar-refractivity contribution is -0.276. The summed E-state index contributed by atoms with van der Waals surface area (Å²) in [5.74, 6) is -0.790. The molecule has 0 aromatic heterocycles. The maximum atomic E-state index is 12.2. The lowest BCUT2D eigenvalue weighted by atomic mass is 9.92. The molecule has 31 heavy (non-hydrogen) atoms. The van der Waals surface area contributed by atoms with Crippen LogP contribution < -0.4 is 0 Å². The second kappa shape index (κ2) is 16.5. The van der Waals surface area contributed by atoms with Gasteiger partial charge in [-0.3, -0.25) is 4.79 Å². The first-order valence-electron chi connectivity index (χ1n) is 11.8. The van der Waals surface area contributed by atoms with Gasteiger partial charge < -0.3 is 30.3 Å². The number of hydrogen-bond acceptors (Lipinski definition) is 7. The number of carbonyl (C=O) groups excluding carboxylic acids is 1. The number of aliphatic hydroxyl groups is 5. The van der Waals surface area contributed by atoms with Crippen molar-refractivity contribution in [1.29, 1.82) is 0 Å². The summed E-state index contributed by atoms with van der Waals surface area (Å²) in [6.45, 7) is 2.21. The molecule has 0 aliphatic carbocycles. The van der Waals surface area contributed by atoms with Gasteiger partial charge in [0.1, 0.15) is 24.4 Å². The summed E-state index contributed by atoms with van der Waals surface area (Å²) >= 11 is 0. The van der Waals surface area contributed by atoms with Crippen LogP contribution in [0.15, 0.2) is 24.3 Å². The fourth-order valence-electron chi connectivity index (χ4n) is 3.58. The van der Waals surface area contributed by atoms with Gasteiger partial charge in [0, 0.05) is 0 Å². The molecule has 5 N–H and O–H groups in total. The van der Waals surface area contributed by atoms with Crippen molar-refractivity contribution in [2.45, 2.75) is 121 Å². The van der Waals surface area contributed by atoms with Crippen molar-refractivity contribution in [3.8, 4) is 0 Å². The molecule has 7 nitrogen and oxygen atoms in total. The third kappa shape index (κ3) is 10.9. The number of aliphatic hydroxyl groups excluding tert-OH is 5. The van der Waals surface area contributed by atoms with Crippen LogP contribution in [0, 0.1) is 0 Å². The molecule has 1 heterocycles. The molecule has 0 saturated carbocycles. The van der Waals surface area contributed by atoms with E-state index in [4.69, 9.17) is 4.74 Å². The van der Waals surface area contributed by atoms with Gasteiger partial charge >= 0.3 is 0 Å². The molecule has 0 bridgehead atoms. The van der Waals surface area contributed by atoms with Gasteiger partial charge in [0.15, 0.2) is 18.2 Å². The summed E-state index contributed by atoms with van der Waals surface area (Å²) < 4.78 is 4.87. The van der Waals surface area contributed by atoms with Crippen molar-refractivity contribution < 1.29 is 35.1 Å². The number of ether oxygens (including phenoxy) is 1. The lowest BCUT2D eigenvalue weighted by Crippen LogP contribution is -2.61. The van der Waals surface area contributed by atoms with E-state index >= 15 is 0 Å². The molecule has 0 amide bonds. The van der Waals surface area contributed by atoms with Crippen LogP contribution in [0.2, 0.25) is 0 Å². The number of Topliss-reactive ketones (excluding diaryl/α,β-unsaturated/α-hetero) is 1. The van der Waals surface area contributed by atoms with Crippen molar-refractivity contribution >= 4 is 5.78 Å². The Hall–Kier alpha value is -1.09. The fraction of sp³-hybridized carbons (Fsp3) is 0.792. The Morgan fingerprint density at radius 2 is 1.39 bits per heavy atom. The molecule has 0 spiro atoms. The molecule has 1 fully saturated rings. The summed E-state index contributed by atoms with van der Waals surface area (Å²) in [6, 6.07) is 0. The normalized spacial score (nSPS) is 27.9. The first kappa shape index (κ1) is 27.9. The highest BCUT2D eigenvalue weighted by molar-refractivity contribution is 5.87. The molecular formula is C24H42O7.